The number of aliphatic hydroxyl groups is 1. The van der Waals surface area contributed by atoms with Crippen molar-refractivity contribution >= 4 is 22.4 Å². The molecule has 6 nitrogen and oxygen atoms in total. The molecule has 1 aliphatic rings. The average molecular weight is 393 g/mol. The summed E-state index contributed by atoms with van der Waals surface area (Å²) in [7, 11) is 3.31. The molecule has 0 radical (unpaired) electrons. The fraction of sp³-hybridized carbons (Fsp3) is 0.348. The van der Waals surface area contributed by atoms with E-state index >= 15 is 0 Å². The maximum atomic E-state index is 9.91. The summed E-state index contributed by atoms with van der Waals surface area (Å²) in [4.78, 5) is 7.14. The molecule has 2 aromatic carbocycles. The van der Waals surface area contributed by atoms with Crippen LogP contribution in [0.5, 0.6) is 11.5 Å². The van der Waals surface area contributed by atoms with Crippen LogP contribution in [-0.2, 0) is 6.61 Å². The number of anilines is 2. The van der Waals surface area contributed by atoms with Crippen LogP contribution in [0, 0.1) is 0 Å². The number of fused-ring (bicyclic) bond motifs is 1. The van der Waals surface area contributed by atoms with Gasteiger partial charge < -0.3 is 24.8 Å². The SMILES string of the molecule is COc1cc(NC2CCCN(c3nc4ccccc4cc3CO)C2)cc(OC)c1. The van der Waals surface area contributed by atoms with Crippen molar-refractivity contribution in [3.63, 3.8) is 0 Å². The number of ether oxygens (including phenoxy) is 2. The van der Waals surface area contributed by atoms with Crippen LogP contribution in [0.3, 0.4) is 0 Å². The number of aliphatic hydroxyl groups excluding tert-OH is 1. The lowest BCUT2D eigenvalue weighted by molar-refractivity contribution is 0.281. The van der Waals surface area contributed by atoms with Crippen molar-refractivity contribution in [3.8, 4) is 11.5 Å². The summed E-state index contributed by atoms with van der Waals surface area (Å²) in [5.74, 6) is 2.40. The molecule has 1 aromatic heterocycles. The van der Waals surface area contributed by atoms with E-state index in [1.165, 1.54) is 0 Å². The van der Waals surface area contributed by atoms with Crippen molar-refractivity contribution in [3.05, 3.63) is 54.1 Å². The van der Waals surface area contributed by atoms with Crippen LogP contribution in [0.2, 0.25) is 0 Å². The molecule has 29 heavy (non-hydrogen) atoms. The van der Waals surface area contributed by atoms with Gasteiger partial charge in [0.25, 0.3) is 0 Å². The second-order valence-electron chi connectivity index (χ2n) is 7.35. The second-order valence-corrected chi connectivity index (χ2v) is 7.35. The minimum absolute atomic E-state index is 0.0190. The Kier molecular flexibility index (Phi) is 5.71. The van der Waals surface area contributed by atoms with Crippen molar-refractivity contribution in [2.45, 2.75) is 25.5 Å². The zero-order chi connectivity index (χ0) is 20.2. The number of benzene rings is 2. The molecule has 0 aliphatic carbocycles. The van der Waals surface area contributed by atoms with Crippen LogP contribution in [-0.4, -0.2) is 43.4 Å². The maximum absolute atomic E-state index is 9.91. The molecule has 2 N–H and O–H groups in total. The first kappa shape index (κ1) is 19.3. The summed E-state index contributed by atoms with van der Waals surface area (Å²) in [6.07, 6.45) is 2.12. The third kappa shape index (κ3) is 4.22. The molecule has 1 unspecified atom stereocenters. The number of hydrogen-bond donors (Lipinski definition) is 2. The summed E-state index contributed by atoms with van der Waals surface area (Å²) in [6.45, 7) is 1.73. The summed E-state index contributed by atoms with van der Waals surface area (Å²) < 4.78 is 10.8. The van der Waals surface area contributed by atoms with E-state index in [0.717, 1.165) is 65.4 Å². The summed E-state index contributed by atoms with van der Waals surface area (Å²) in [6, 6.07) is 16.2. The van der Waals surface area contributed by atoms with Gasteiger partial charge in [0.05, 0.1) is 26.3 Å². The molecule has 4 rings (SSSR count). The number of piperidine rings is 1. The van der Waals surface area contributed by atoms with Gasteiger partial charge in [-0.1, -0.05) is 18.2 Å². The monoisotopic (exact) mass is 393 g/mol. The largest absolute Gasteiger partial charge is 0.497 e. The van der Waals surface area contributed by atoms with Crippen molar-refractivity contribution < 1.29 is 14.6 Å². The molecular formula is C23H27N3O3. The molecule has 152 valence electrons. The summed E-state index contributed by atoms with van der Waals surface area (Å²) in [5, 5.41) is 14.6. The van der Waals surface area contributed by atoms with Crippen molar-refractivity contribution in [1.82, 2.24) is 4.98 Å². The average Bonchev–Trinajstić information content (AvgIpc) is 2.78. The van der Waals surface area contributed by atoms with Gasteiger partial charge in [-0.15, -0.1) is 0 Å². The third-order valence-corrected chi connectivity index (χ3v) is 5.39. The minimum atomic E-state index is -0.0190. The van der Waals surface area contributed by atoms with E-state index in [9.17, 15) is 5.11 Å². The van der Waals surface area contributed by atoms with Crippen LogP contribution < -0.4 is 19.7 Å². The first-order valence-corrected chi connectivity index (χ1v) is 9.94. The topological polar surface area (TPSA) is 66.9 Å². The Morgan fingerprint density at radius 3 is 2.59 bits per heavy atom. The molecule has 1 aliphatic heterocycles. The Hall–Kier alpha value is -2.99. The van der Waals surface area contributed by atoms with Gasteiger partial charge >= 0.3 is 0 Å². The van der Waals surface area contributed by atoms with E-state index < -0.39 is 0 Å². The third-order valence-electron chi connectivity index (χ3n) is 5.39. The van der Waals surface area contributed by atoms with E-state index in [4.69, 9.17) is 14.5 Å². The lowest BCUT2D eigenvalue weighted by Crippen LogP contribution is -2.43. The summed E-state index contributed by atoms with van der Waals surface area (Å²) >= 11 is 0. The zero-order valence-electron chi connectivity index (χ0n) is 16.9. The summed E-state index contributed by atoms with van der Waals surface area (Å²) in [5.41, 5.74) is 2.79. The predicted octanol–water partition coefficient (Wildman–Crippen LogP) is 3.83. The maximum Gasteiger partial charge on any atom is 0.134 e. The highest BCUT2D eigenvalue weighted by Gasteiger charge is 2.23. The van der Waals surface area contributed by atoms with Crippen LogP contribution in [0.4, 0.5) is 11.5 Å². The van der Waals surface area contributed by atoms with E-state index in [2.05, 4.69) is 10.2 Å². The van der Waals surface area contributed by atoms with E-state index in [1.54, 1.807) is 14.2 Å². The van der Waals surface area contributed by atoms with E-state index in [-0.39, 0.29) is 12.6 Å². The zero-order valence-corrected chi connectivity index (χ0v) is 16.9. The lowest BCUT2D eigenvalue weighted by Gasteiger charge is -2.35. The number of aromatic nitrogens is 1. The number of nitrogens with one attached hydrogen (secondary N) is 1. The number of para-hydroxylation sites is 1. The molecule has 6 heteroatoms. The van der Waals surface area contributed by atoms with Crippen LogP contribution >= 0.6 is 0 Å². The van der Waals surface area contributed by atoms with Crippen molar-refractivity contribution in [2.75, 3.05) is 37.5 Å². The van der Waals surface area contributed by atoms with Gasteiger partial charge in [0, 0.05) is 54.0 Å². The molecule has 1 fully saturated rings. The number of pyridine rings is 1. The number of nitrogens with zero attached hydrogens (tertiary/aromatic N) is 2. The van der Waals surface area contributed by atoms with Gasteiger partial charge in [-0.2, -0.15) is 0 Å². The molecule has 3 aromatic rings. The van der Waals surface area contributed by atoms with Crippen LogP contribution in [0.1, 0.15) is 18.4 Å². The normalized spacial score (nSPS) is 16.7. The molecule has 0 saturated carbocycles. The molecular weight excluding hydrogens is 366 g/mol. The molecule has 2 heterocycles. The van der Waals surface area contributed by atoms with Gasteiger partial charge in [-0.3, -0.25) is 0 Å². The molecule has 0 amide bonds. The fourth-order valence-electron chi connectivity index (χ4n) is 3.95. The van der Waals surface area contributed by atoms with Gasteiger partial charge in [0.1, 0.15) is 17.3 Å². The Morgan fingerprint density at radius 1 is 1.10 bits per heavy atom. The predicted molar refractivity (Wildman–Crippen MR) is 116 cm³/mol. The standard InChI is InChI=1S/C23H27N3O3/c1-28-20-11-19(12-21(13-20)29-2)24-18-7-5-9-26(14-18)23-17(15-27)10-16-6-3-4-8-22(16)25-23/h3-4,6,8,10-13,18,24,27H,5,7,9,14-15H2,1-2H3. The molecule has 1 atom stereocenters. The van der Waals surface area contributed by atoms with Crippen LogP contribution in [0.15, 0.2) is 48.5 Å². The quantitative estimate of drug-likeness (QED) is 0.664. The van der Waals surface area contributed by atoms with Crippen molar-refractivity contribution in [2.24, 2.45) is 0 Å². The molecule has 1 saturated heterocycles. The second kappa shape index (κ2) is 8.57. The highest BCUT2D eigenvalue weighted by atomic mass is 16.5. The van der Waals surface area contributed by atoms with E-state index in [0.29, 0.717) is 0 Å². The first-order valence-electron chi connectivity index (χ1n) is 9.94. The highest BCUT2D eigenvalue weighted by Crippen LogP contribution is 2.29. The lowest BCUT2D eigenvalue weighted by atomic mass is 10.0. The first-order chi connectivity index (χ1) is 14.2. The Balaban J connectivity index is 1.57. The number of methoxy groups -OCH3 is 2. The van der Waals surface area contributed by atoms with Gasteiger partial charge in [0.15, 0.2) is 0 Å². The molecule has 0 bridgehead atoms. The van der Waals surface area contributed by atoms with Gasteiger partial charge in [-0.05, 0) is 25.0 Å². The van der Waals surface area contributed by atoms with Gasteiger partial charge in [-0.25, -0.2) is 4.98 Å². The fourth-order valence-corrected chi connectivity index (χ4v) is 3.95. The number of hydrogen-bond acceptors (Lipinski definition) is 6. The Bertz CT molecular complexity index is 970. The number of rotatable bonds is 6. The molecule has 0 spiro atoms. The van der Waals surface area contributed by atoms with Crippen LogP contribution in [0.25, 0.3) is 10.9 Å². The Labute approximate surface area is 171 Å². The Morgan fingerprint density at radius 2 is 1.86 bits per heavy atom. The smallest absolute Gasteiger partial charge is 0.134 e. The van der Waals surface area contributed by atoms with E-state index in [1.807, 2.05) is 48.5 Å². The van der Waals surface area contributed by atoms with Gasteiger partial charge in [0.2, 0.25) is 0 Å². The van der Waals surface area contributed by atoms with Crippen molar-refractivity contribution in [1.29, 1.82) is 0 Å². The minimum Gasteiger partial charge on any atom is -0.497 e. The highest BCUT2D eigenvalue weighted by molar-refractivity contribution is 5.81.